The summed E-state index contributed by atoms with van der Waals surface area (Å²) >= 11 is 0. The lowest BCUT2D eigenvalue weighted by molar-refractivity contribution is -0.158. The van der Waals surface area contributed by atoms with Crippen LogP contribution in [0.4, 0.5) is 20.6 Å². The molecule has 0 N–H and O–H groups in total. The molecule has 0 atom stereocenters. The first kappa shape index (κ1) is 25.2. The summed E-state index contributed by atoms with van der Waals surface area (Å²) in [6.07, 6.45) is 4.98. The van der Waals surface area contributed by atoms with Gasteiger partial charge in [-0.25, -0.2) is 9.18 Å². The predicted molar refractivity (Wildman–Crippen MR) is 139 cm³/mol. The summed E-state index contributed by atoms with van der Waals surface area (Å²) in [5.74, 6) is -0.296. The number of hydrogen-bond donors (Lipinski definition) is 0. The second-order valence-corrected chi connectivity index (χ2v) is 10.7. The van der Waals surface area contributed by atoms with Crippen LogP contribution in [0.1, 0.15) is 44.9 Å². The highest BCUT2D eigenvalue weighted by Gasteiger charge is 2.60. The molecule has 2 aromatic carbocycles. The summed E-state index contributed by atoms with van der Waals surface area (Å²) in [4.78, 5) is 45.4. The lowest BCUT2D eigenvalue weighted by Gasteiger charge is -2.42. The van der Waals surface area contributed by atoms with Crippen LogP contribution in [0.15, 0.2) is 54.6 Å². The van der Waals surface area contributed by atoms with Gasteiger partial charge in [0, 0.05) is 37.9 Å². The van der Waals surface area contributed by atoms with Crippen molar-refractivity contribution in [2.24, 2.45) is 11.3 Å². The number of esters is 1. The van der Waals surface area contributed by atoms with Gasteiger partial charge in [0.1, 0.15) is 5.82 Å². The van der Waals surface area contributed by atoms with Crippen LogP contribution in [0, 0.1) is 17.2 Å². The average Bonchev–Trinajstić information content (AvgIpc) is 3.84. The average molecular weight is 508 g/mol. The highest BCUT2D eigenvalue weighted by atomic mass is 19.1. The van der Waals surface area contributed by atoms with E-state index in [-0.39, 0.29) is 29.7 Å². The minimum Gasteiger partial charge on any atom is -0.469 e. The van der Waals surface area contributed by atoms with Crippen LogP contribution in [0.5, 0.6) is 0 Å². The van der Waals surface area contributed by atoms with Crippen LogP contribution in [-0.2, 0) is 14.3 Å². The van der Waals surface area contributed by atoms with Gasteiger partial charge in [-0.2, -0.15) is 0 Å². The first-order valence-corrected chi connectivity index (χ1v) is 13.0. The number of amides is 3. The van der Waals surface area contributed by atoms with E-state index in [4.69, 9.17) is 4.74 Å². The topological polar surface area (TPSA) is 70.2 Å². The summed E-state index contributed by atoms with van der Waals surface area (Å²) < 4.78 is 18.5. The molecule has 0 aromatic heterocycles. The molecular formula is C29H34FN3O4. The van der Waals surface area contributed by atoms with E-state index in [1.54, 1.807) is 24.1 Å². The van der Waals surface area contributed by atoms with Gasteiger partial charge in [0.2, 0.25) is 5.91 Å². The Kier molecular flexibility index (Phi) is 6.68. The molecule has 2 saturated carbocycles. The van der Waals surface area contributed by atoms with Crippen molar-refractivity contribution >= 4 is 29.3 Å². The molecule has 8 heteroatoms. The Balaban J connectivity index is 1.33. The molecule has 1 heterocycles. The van der Waals surface area contributed by atoms with Crippen molar-refractivity contribution in [3.63, 3.8) is 0 Å². The molecule has 0 radical (unpaired) electrons. The maximum Gasteiger partial charge on any atom is 0.324 e. The fraction of sp³-hybridized carbons (Fsp3) is 0.483. The number of halogens is 1. The number of likely N-dealkylation sites (tertiary alicyclic amines) is 1. The van der Waals surface area contributed by atoms with Crippen LogP contribution >= 0.6 is 0 Å². The van der Waals surface area contributed by atoms with Crippen molar-refractivity contribution in [1.82, 2.24) is 4.90 Å². The smallest absolute Gasteiger partial charge is 0.324 e. The number of urea groups is 1. The van der Waals surface area contributed by atoms with Gasteiger partial charge in [0.25, 0.3) is 0 Å². The van der Waals surface area contributed by atoms with E-state index in [0.717, 1.165) is 31.4 Å². The van der Waals surface area contributed by atoms with Crippen molar-refractivity contribution in [3.8, 4) is 0 Å². The first-order chi connectivity index (χ1) is 17.8. The Labute approximate surface area is 217 Å². The van der Waals surface area contributed by atoms with Gasteiger partial charge in [-0.3, -0.25) is 14.5 Å². The summed E-state index contributed by atoms with van der Waals surface area (Å²) in [5, 5.41) is 0. The van der Waals surface area contributed by atoms with Crippen LogP contribution in [-0.4, -0.2) is 55.6 Å². The molecule has 3 aliphatic rings. The number of carbonyl (C=O) groups excluding carboxylic acids is 3. The van der Waals surface area contributed by atoms with E-state index in [1.165, 1.54) is 24.1 Å². The third-order valence-electron chi connectivity index (χ3n) is 8.41. The number of carbonyl (C=O) groups is 3. The van der Waals surface area contributed by atoms with Gasteiger partial charge in [-0.1, -0.05) is 18.2 Å². The number of rotatable bonds is 7. The second-order valence-electron chi connectivity index (χ2n) is 10.7. The lowest BCUT2D eigenvalue weighted by Crippen LogP contribution is -2.53. The van der Waals surface area contributed by atoms with Crippen molar-refractivity contribution in [1.29, 1.82) is 0 Å². The van der Waals surface area contributed by atoms with E-state index in [0.29, 0.717) is 37.5 Å². The Morgan fingerprint density at radius 2 is 1.57 bits per heavy atom. The number of ether oxygens (including phenoxy) is 1. The van der Waals surface area contributed by atoms with Gasteiger partial charge in [0.05, 0.1) is 18.1 Å². The van der Waals surface area contributed by atoms with E-state index < -0.39 is 11.4 Å². The third kappa shape index (κ3) is 4.81. The van der Waals surface area contributed by atoms with E-state index >= 15 is 0 Å². The van der Waals surface area contributed by atoms with Gasteiger partial charge >= 0.3 is 12.0 Å². The number of nitrogens with zero attached hydrogens (tertiary/aromatic N) is 3. The fourth-order valence-electron chi connectivity index (χ4n) is 5.94. The largest absolute Gasteiger partial charge is 0.469 e. The summed E-state index contributed by atoms with van der Waals surface area (Å²) in [5.41, 5.74) is 0.346. The van der Waals surface area contributed by atoms with Crippen LogP contribution < -0.4 is 9.80 Å². The molecule has 5 rings (SSSR count). The van der Waals surface area contributed by atoms with Gasteiger partial charge < -0.3 is 14.5 Å². The van der Waals surface area contributed by atoms with Gasteiger partial charge in [-0.15, -0.1) is 0 Å². The molecule has 196 valence electrons. The number of methoxy groups -OCH3 is 1. The molecule has 0 bridgehead atoms. The minimum absolute atomic E-state index is 0.0517. The number of anilines is 2. The molecule has 37 heavy (non-hydrogen) atoms. The zero-order chi connectivity index (χ0) is 26.2. The molecule has 2 aliphatic carbocycles. The monoisotopic (exact) mass is 507 g/mol. The molecule has 3 fully saturated rings. The van der Waals surface area contributed by atoms with Crippen molar-refractivity contribution < 1.29 is 23.5 Å². The quantitative estimate of drug-likeness (QED) is 0.495. The zero-order valence-corrected chi connectivity index (χ0v) is 21.5. The normalized spacial score (nSPS) is 19.6. The van der Waals surface area contributed by atoms with Gasteiger partial charge in [0.15, 0.2) is 0 Å². The Morgan fingerprint density at radius 3 is 2.11 bits per heavy atom. The highest BCUT2D eigenvalue weighted by Crippen LogP contribution is 2.59. The standard InChI is InChI=1S/C29H34FN3O4/c1-31(23-12-10-22(30)11-13-23)27(36)32-18-16-28(17-19-32,26(35)37-2)20-25(34)33(24-6-4-3-5-7-24)29(14-15-29)21-8-9-21/h3-7,10-13,21H,8-9,14-20H2,1-2H3. The zero-order valence-electron chi connectivity index (χ0n) is 21.5. The van der Waals surface area contributed by atoms with E-state index in [2.05, 4.69) is 0 Å². The van der Waals surface area contributed by atoms with Crippen LogP contribution in [0.3, 0.4) is 0 Å². The minimum atomic E-state index is -0.982. The fourth-order valence-corrected chi connectivity index (χ4v) is 5.94. The van der Waals surface area contributed by atoms with Crippen LogP contribution in [0.2, 0.25) is 0 Å². The van der Waals surface area contributed by atoms with Gasteiger partial charge in [-0.05, 0) is 80.8 Å². The van der Waals surface area contributed by atoms with Crippen molar-refractivity contribution in [2.45, 2.75) is 50.5 Å². The Bertz CT molecular complexity index is 1150. The lowest BCUT2D eigenvalue weighted by atomic mass is 9.75. The number of benzene rings is 2. The maximum atomic E-state index is 14.0. The van der Waals surface area contributed by atoms with Crippen molar-refractivity contribution in [2.75, 3.05) is 37.0 Å². The predicted octanol–water partition coefficient (Wildman–Crippen LogP) is 5.00. The number of piperidine rings is 1. The highest BCUT2D eigenvalue weighted by molar-refractivity contribution is 5.99. The van der Waals surface area contributed by atoms with Crippen LogP contribution in [0.25, 0.3) is 0 Å². The molecule has 1 aliphatic heterocycles. The Hall–Kier alpha value is -3.42. The molecule has 1 saturated heterocycles. The van der Waals surface area contributed by atoms with Crippen molar-refractivity contribution in [3.05, 3.63) is 60.4 Å². The summed E-state index contributed by atoms with van der Waals surface area (Å²) in [6.45, 7) is 0.651. The molecule has 3 amide bonds. The molecule has 0 spiro atoms. The third-order valence-corrected chi connectivity index (χ3v) is 8.41. The summed E-state index contributed by atoms with van der Waals surface area (Å²) in [7, 11) is 3.00. The molecule has 7 nitrogen and oxygen atoms in total. The SMILES string of the molecule is COC(=O)C1(CC(=O)N(c2ccccc2)C2(C3CC3)CC2)CCN(C(=O)N(C)c2ccc(F)cc2)CC1. The molecule has 2 aromatic rings. The Morgan fingerprint density at radius 1 is 0.946 bits per heavy atom. The van der Waals surface area contributed by atoms with E-state index in [1.807, 2.05) is 35.2 Å². The summed E-state index contributed by atoms with van der Waals surface area (Å²) in [6, 6.07) is 15.3. The molecule has 0 unspecified atom stereocenters. The molecular weight excluding hydrogens is 473 g/mol. The number of hydrogen-bond acceptors (Lipinski definition) is 4. The maximum absolute atomic E-state index is 14.0. The number of para-hydroxylation sites is 1. The first-order valence-electron chi connectivity index (χ1n) is 13.0. The second kappa shape index (κ2) is 9.80. The van der Waals surface area contributed by atoms with E-state index in [9.17, 15) is 18.8 Å².